The maximum absolute atomic E-state index is 11.5. The Morgan fingerprint density at radius 2 is 2.00 bits per heavy atom. The summed E-state index contributed by atoms with van der Waals surface area (Å²) in [6, 6.07) is 3.75. The van der Waals surface area contributed by atoms with Gasteiger partial charge in [0.25, 0.3) is 0 Å². The highest BCUT2D eigenvalue weighted by Gasteiger charge is 2.06. The first kappa shape index (κ1) is 14.5. The van der Waals surface area contributed by atoms with Gasteiger partial charge in [0.2, 0.25) is 5.91 Å². The van der Waals surface area contributed by atoms with Gasteiger partial charge in [0.15, 0.2) is 0 Å². The van der Waals surface area contributed by atoms with E-state index in [1.54, 1.807) is 6.20 Å². The lowest BCUT2D eigenvalue weighted by molar-refractivity contribution is -0.118. The van der Waals surface area contributed by atoms with Crippen molar-refractivity contribution in [2.24, 2.45) is 11.8 Å². The number of amides is 1. The Balaban J connectivity index is 2.45. The largest absolute Gasteiger partial charge is 0.370 e. The summed E-state index contributed by atoms with van der Waals surface area (Å²) in [6.45, 7) is 9.04. The SMILES string of the molecule is CC(C)CCNc1ccc(NC(=O)C(C)C)cn1. The second-order valence-corrected chi connectivity index (χ2v) is 5.19. The molecule has 0 aliphatic rings. The van der Waals surface area contributed by atoms with Crippen LogP contribution in [0.5, 0.6) is 0 Å². The molecule has 1 heterocycles. The summed E-state index contributed by atoms with van der Waals surface area (Å²) in [4.78, 5) is 15.8. The third-order valence-corrected chi connectivity index (χ3v) is 2.58. The molecule has 0 spiro atoms. The monoisotopic (exact) mass is 249 g/mol. The Morgan fingerprint density at radius 1 is 1.28 bits per heavy atom. The average Bonchev–Trinajstić information content (AvgIpc) is 2.30. The fourth-order valence-electron chi connectivity index (χ4n) is 1.35. The summed E-state index contributed by atoms with van der Waals surface area (Å²) < 4.78 is 0. The van der Waals surface area contributed by atoms with Gasteiger partial charge in [-0.25, -0.2) is 4.98 Å². The van der Waals surface area contributed by atoms with Crippen LogP contribution < -0.4 is 10.6 Å². The molecule has 100 valence electrons. The van der Waals surface area contributed by atoms with E-state index in [4.69, 9.17) is 0 Å². The molecule has 1 aromatic rings. The zero-order chi connectivity index (χ0) is 13.5. The number of anilines is 2. The number of carbonyl (C=O) groups is 1. The van der Waals surface area contributed by atoms with Crippen LogP contribution in [0.2, 0.25) is 0 Å². The van der Waals surface area contributed by atoms with Crippen molar-refractivity contribution in [3.8, 4) is 0 Å². The molecule has 4 heteroatoms. The van der Waals surface area contributed by atoms with Gasteiger partial charge in [-0.15, -0.1) is 0 Å². The number of carbonyl (C=O) groups excluding carboxylic acids is 1. The molecule has 18 heavy (non-hydrogen) atoms. The molecular weight excluding hydrogens is 226 g/mol. The predicted octanol–water partition coefficient (Wildman–Crippen LogP) is 3.13. The molecule has 0 aliphatic carbocycles. The van der Waals surface area contributed by atoms with Gasteiger partial charge in [-0.1, -0.05) is 27.7 Å². The number of hydrogen-bond donors (Lipinski definition) is 2. The van der Waals surface area contributed by atoms with Crippen LogP contribution in [0.1, 0.15) is 34.1 Å². The van der Waals surface area contributed by atoms with Crippen LogP contribution in [0.4, 0.5) is 11.5 Å². The predicted molar refractivity (Wildman–Crippen MR) is 75.6 cm³/mol. The molecule has 0 unspecified atom stereocenters. The average molecular weight is 249 g/mol. The van der Waals surface area contributed by atoms with Crippen LogP contribution in [-0.4, -0.2) is 17.4 Å². The van der Waals surface area contributed by atoms with Crippen molar-refractivity contribution >= 4 is 17.4 Å². The van der Waals surface area contributed by atoms with Gasteiger partial charge in [-0.3, -0.25) is 4.79 Å². The molecule has 0 fully saturated rings. The number of nitrogens with zero attached hydrogens (tertiary/aromatic N) is 1. The summed E-state index contributed by atoms with van der Waals surface area (Å²) in [7, 11) is 0. The Bertz CT molecular complexity index is 371. The van der Waals surface area contributed by atoms with E-state index in [0.29, 0.717) is 5.92 Å². The van der Waals surface area contributed by atoms with Crippen molar-refractivity contribution in [1.82, 2.24) is 4.98 Å². The fraction of sp³-hybridized carbons (Fsp3) is 0.571. The van der Waals surface area contributed by atoms with Crippen molar-refractivity contribution < 1.29 is 4.79 Å². The minimum Gasteiger partial charge on any atom is -0.370 e. The number of nitrogens with one attached hydrogen (secondary N) is 2. The zero-order valence-electron chi connectivity index (χ0n) is 11.7. The Labute approximate surface area is 109 Å². The van der Waals surface area contributed by atoms with E-state index >= 15 is 0 Å². The van der Waals surface area contributed by atoms with E-state index < -0.39 is 0 Å². The highest BCUT2D eigenvalue weighted by atomic mass is 16.1. The normalized spacial score (nSPS) is 10.8. The minimum atomic E-state index is -0.0196. The quantitative estimate of drug-likeness (QED) is 0.814. The molecule has 1 amide bonds. The molecular formula is C14H23N3O. The van der Waals surface area contributed by atoms with E-state index in [2.05, 4.69) is 29.5 Å². The summed E-state index contributed by atoms with van der Waals surface area (Å²) in [5, 5.41) is 6.07. The van der Waals surface area contributed by atoms with E-state index in [-0.39, 0.29) is 11.8 Å². The molecule has 4 nitrogen and oxygen atoms in total. The van der Waals surface area contributed by atoms with E-state index in [1.807, 2.05) is 26.0 Å². The Morgan fingerprint density at radius 3 is 2.50 bits per heavy atom. The van der Waals surface area contributed by atoms with Gasteiger partial charge in [-0.05, 0) is 24.5 Å². The molecule has 0 saturated carbocycles. The lowest BCUT2D eigenvalue weighted by Gasteiger charge is -2.09. The number of aromatic nitrogens is 1. The van der Waals surface area contributed by atoms with Crippen molar-refractivity contribution in [2.75, 3.05) is 17.2 Å². The summed E-state index contributed by atoms with van der Waals surface area (Å²) in [6.07, 6.45) is 2.80. The van der Waals surface area contributed by atoms with E-state index in [1.165, 1.54) is 0 Å². The number of hydrogen-bond acceptors (Lipinski definition) is 3. The second kappa shape index (κ2) is 6.99. The van der Waals surface area contributed by atoms with Crippen LogP contribution in [0, 0.1) is 11.8 Å². The molecule has 0 bridgehead atoms. The molecule has 0 saturated heterocycles. The van der Waals surface area contributed by atoms with Crippen LogP contribution in [0.3, 0.4) is 0 Å². The maximum atomic E-state index is 11.5. The van der Waals surface area contributed by atoms with E-state index in [0.717, 1.165) is 24.5 Å². The van der Waals surface area contributed by atoms with Gasteiger partial charge in [0.05, 0.1) is 11.9 Å². The zero-order valence-corrected chi connectivity index (χ0v) is 11.7. The summed E-state index contributed by atoms with van der Waals surface area (Å²) in [5.74, 6) is 1.52. The second-order valence-electron chi connectivity index (χ2n) is 5.19. The van der Waals surface area contributed by atoms with Crippen molar-refractivity contribution in [3.05, 3.63) is 18.3 Å². The maximum Gasteiger partial charge on any atom is 0.226 e. The van der Waals surface area contributed by atoms with Crippen molar-refractivity contribution in [3.63, 3.8) is 0 Å². The van der Waals surface area contributed by atoms with Crippen LogP contribution in [-0.2, 0) is 4.79 Å². The highest BCUT2D eigenvalue weighted by molar-refractivity contribution is 5.91. The molecule has 1 rings (SSSR count). The summed E-state index contributed by atoms with van der Waals surface area (Å²) in [5.41, 5.74) is 0.739. The molecule has 0 atom stereocenters. The van der Waals surface area contributed by atoms with Crippen LogP contribution >= 0.6 is 0 Å². The first-order valence-corrected chi connectivity index (χ1v) is 6.50. The third-order valence-electron chi connectivity index (χ3n) is 2.58. The smallest absolute Gasteiger partial charge is 0.226 e. The highest BCUT2D eigenvalue weighted by Crippen LogP contribution is 2.11. The van der Waals surface area contributed by atoms with Crippen LogP contribution in [0.15, 0.2) is 18.3 Å². The number of pyridine rings is 1. The van der Waals surface area contributed by atoms with E-state index in [9.17, 15) is 4.79 Å². The van der Waals surface area contributed by atoms with Crippen LogP contribution in [0.25, 0.3) is 0 Å². The van der Waals surface area contributed by atoms with Crippen molar-refractivity contribution in [1.29, 1.82) is 0 Å². The van der Waals surface area contributed by atoms with Gasteiger partial charge < -0.3 is 10.6 Å². The Hall–Kier alpha value is -1.58. The first-order chi connectivity index (χ1) is 8.49. The molecule has 0 aromatic carbocycles. The van der Waals surface area contributed by atoms with Gasteiger partial charge in [0, 0.05) is 12.5 Å². The molecule has 1 aromatic heterocycles. The minimum absolute atomic E-state index is 0.0114. The standard InChI is InChI=1S/C14H23N3O/c1-10(2)7-8-15-13-6-5-12(9-16-13)17-14(18)11(3)4/h5-6,9-11H,7-8H2,1-4H3,(H,15,16)(H,17,18). The first-order valence-electron chi connectivity index (χ1n) is 6.50. The molecule has 0 radical (unpaired) electrons. The van der Waals surface area contributed by atoms with Gasteiger partial charge >= 0.3 is 0 Å². The number of rotatable bonds is 6. The summed E-state index contributed by atoms with van der Waals surface area (Å²) >= 11 is 0. The third kappa shape index (κ3) is 5.17. The fourth-order valence-corrected chi connectivity index (χ4v) is 1.35. The lowest BCUT2D eigenvalue weighted by Crippen LogP contribution is -2.17. The van der Waals surface area contributed by atoms with Crippen molar-refractivity contribution in [2.45, 2.75) is 34.1 Å². The molecule has 2 N–H and O–H groups in total. The van der Waals surface area contributed by atoms with Gasteiger partial charge in [0.1, 0.15) is 5.82 Å². The molecule has 0 aliphatic heterocycles. The topological polar surface area (TPSA) is 54.0 Å². The van der Waals surface area contributed by atoms with Gasteiger partial charge in [-0.2, -0.15) is 0 Å². The Kier molecular flexibility index (Phi) is 5.62. The lowest BCUT2D eigenvalue weighted by atomic mass is 10.1.